The molecule has 15 N–H and O–H groups in total. The molecule has 0 spiro atoms. The fourth-order valence-electron chi connectivity index (χ4n) is 11.1. The van der Waals surface area contributed by atoms with Crippen molar-refractivity contribution in [2.75, 3.05) is 36.9 Å². The maximum atomic E-state index is 13.6. The standard InChI is InChI=1S/C40H57N3O11.C35H49N3O9/c1-5-6-7-8-9-10-24-52-30-20-16-28(17-21-30)42-36(48)31(12-11-23-41-38(50)54-39(2,3)4)43-37(49)40(51)25-32(45)35(47)33(26-40)53-34(46)22-15-27-13-18-29(44)19-14-27;1-2-3-4-5-6-7-21-46-27-17-13-25(14-18-27)37-33(43)28(9-8-20-36)38-34(44)35(45)22-29(40)32(42)30(23-35)47-31(41)19-12-24-10-15-26(39)16-11-24/h13-22,31-33,35,44-45,47,51H,5-12,23-26H2,1-4H3,(H,41,50)(H,42,48)(H,43,49);10-19,28-30,32,39-40,42,45H,2-9,20-23,36H2,1H3,(H,37,43)(H,38,44)/b22-15+;19-12+. The largest absolute Gasteiger partial charge is 0.508 e. The van der Waals surface area contributed by atoms with E-state index in [4.69, 9.17) is 29.4 Å². The first-order valence-electron chi connectivity index (χ1n) is 35.0. The van der Waals surface area contributed by atoms with Crippen molar-refractivity contribution in [3.8, 4) is 23.0 Å². The summed E-state index contributed by atoms with van der Waals surface area (Å²) in [6, 6.07) is 23.4. The first kappa shape index (κ1) is 83.0. The van der Waals surface area contributed by atoms with Crippen LogP contribution in [0.25, 0.3) is 12.2 Å². The van der Waals surface area contributed by atoms with Gasteiger partial charge in [0.1, 0.15) is 76.3 Å². The highest BCUT2D eigenvalue weighted by Crippen LogP contribution is 2.34. The maximum absolute atomic E-state index is 13.6. The number of hydrogen-bond donors (Lipinski definition) is 14. The highest BCUT2D eigenvalue weighted by Gasteiger charge is 2.52. The third-order valence-electron chi connectivity index (χ3n) is 16.8. The van der Waals surface area contributed by atoms with E-state index in [1.807, 2.05) is 0 Å². The second-order valence-electron chi connectivity index (χ2n) is 26.6. The summed E-state index contributed by atoms with van der Waals surface area (Å²) in [5.74, 6) is -3.48. The summed E-state index contributed by atoms with van der Waals surface area (Å²) in [6.07, 6.45) is 7.53. The van der Waals surface area contributed by atoms with Gasteiger partial charge in [-0.15, -0.1) is 0 Å². The van der Waals surface area contributed by atoms with Gasteiger partial charge in [0.05, 0.1) is 25.4 Å². The van der Waals surface area contributed by atoms with E-state index in [1.165, 1.54) is 87.8 Å². The quantitative estimate of drug-likeness (QED) is 0.00882. The van der Waals surface area contributed by atoms with Crippen molar-refractivity contribution in [3.63, 3.8) is 0 Å². The van der Waals surface area contributed by atoms with E-state index in [1.54, 1.807) is 93.6 Å². The summed E-state index contributed by atoms with van der Waals surface area (Å²) >= 11 is 0. The SMILES string of the molecule is CCCCCCCCOc1ccc(NC(=O)C(CCCN)NC(=O)C2(O)CC(O)C(O)C(OC(=O)/C=C/c3ccc(O)cc3)C2)cc1.CCCCCCCCOc1ccc(NC(=O)C(CCCNC(=O)OC(C)(C)C)NC(=O)C2(O)CC(O)C(O)C(OC(=O)/C=C/c3ccc(O)cc3)C2)cc1. The molecule has 2 saturated carbocycles. The number of ether oxygens (including phenoxy) is 5. The molecule has 0 bridgehead atoms. The lowest BCUT2D eigenvalue weighted by atomic mass is 9.78. The third-order valence-corrected chi connectivity index (χ3v) is 16.8. The highest BCUT2D eigenvalue weighted by molar-refractivity contribution is 5.99. The first-order valence-corrected chi connectivity index (χ1v) is 35.0. The molecule has 4 aromatic carbocycles. The van der Waals surface area contributed by atoms with Crippen molar-refractivity contribution in [1.82, 2.24) is 16.0 Å². The number of carbonyl (C=O) groups excluding carboxylic acids is 7. The molecule has 101 heavy (non-hydrogen) atoms. The molecular weight excluding hydrogens is 1300 g/mol. The van der Waals surface area contributed by atoms with Crippen LogP contribution >= 0.6 is 0 Å². The van der Waals surface area contributed by atoms with E-state index in [-0.39, 0.29) is 43.9 Å². The Hall–Kier alpha value is -8.63. The highest BCUT2D eigenvalue weighted by atomic mass is 16.6. The average molecular weight is 1410 g/mol. The molecule has 0 heterocycles. The molecule has 556 valence electrons. The van der Waals surface area contributed by atoms with Crippen molar-refractivity contribution in [2.24, 2.45) is 5.73 Å². The van der Waals surface area contributed by atoms with Crippen molar-refractivity contribution in [1.29, 1.82) is 0 Å². The number of unbranched alkanes of at least 4 members (excludes halogenated alkanes) is 10. The van der Waals surface area contributed by atoms with Gasteiger partial charge in [-0.05, 0) is 162 Å². The van der Waals surface area contributed by atoms with Crippen LogP contribution in [0, 0.1) is 0 Å². The monoisotopic (exact) mass is 1410 g/mol. The molecule has 2 aliphatic carbocycles. The third kappa shape index (κ3) is 30.2. The van der Waals surface area contributed by atoms with Gasteiger partial charge < -0.3 is 96.9 Å². The fraction of sp³-hybridized carbons (Fsp3) is 0.533. The molecule has 2 fully saturated rings. The number of esters is 2. The van der Waals surface area contributed by atoms with Crippen molar-refractivity contribution in [3.05, 3.63) is 120 Å². The summed E-state index contributed by atoms with van der Waals surface area (Å²) in [7, 11) is 0. The van der Waals surface area contributed by atoms with Gasteiger partial charge in [-0.25, -0.2) is 14.4 Å². The Labute approximate surface area is 591 Å². The Morgan fingerprint density at radius 2 is 0.901 bits per heavy atom. The van der Waals surface area contributed by atoms with Crippen LogP contribution in [0.4, 0.5) is 16.2 Å². The molecule has 0 radical (unpaired) electrons. The molecule has 26 heteroatoms. The Bertz CT molecular complexity index is 3260. The number of alkyl carbamates (subject to hydrolysis) is 1. The van der Waals surface area contributed by atoms with Crippen LogP contribution in [0.5, 0.6) is 23.0 Å². The summed E-state index contributed by atoms with van der Waals surface area (Å²) in [4.78, 5) is 91.0. The van der Waals surface area contributed by atoms with Crippen LogP contribution in [0.3, 0.4) is 0 Å². The number of aliphatic hydroxyl groups excluding tert-OH is 4. The van der Waals surface area contributed by atoms with Gasteiger partial charge in [-0.2, -0.15) is 0 Å². The predicted octanol–water partition coefficient (Wildman–Crippen LogP) is 7.90. The van der Waals surface area contributed by atoms with Gasteiger partial charge >= 0.3 is 18.0 Å². The van der Waals surface area contributed by atoms with E-state index in [2.05, 4.69) is 40.4 Å². The van der Waals surface area contributed by atoms with Gasteiger partial charge in [0.2, 0.25) is 11.8 Å². The number of rotatable bonds is 37. The Balaban J connectivity index is 0.000000367. The number of amides is 5. The zero-order valence-corrected chi connectivity index (χ0v) is 58.7. The molecule has 0 aliphatic heterocycles. The number of nitrogens with two attached hydrogens (primary N) is 1. The predicted molar refractivity (Wildman–Crippen MR) is 380 cm³/mol. The first-order chi connectivity index (χ1) is 48.1. The van der Waals surface area contributed by atoms with Crippen LogP contribution in [0.2, 0.25) is 0 Å². The molecule has 0 aromatic heterocycles. The van der Waals surface area contributed by atoms with Gasteiger partial charge in [-0.1, -0.05) is 102 Å². The minimum Gasteiger partial charge on any atom is -0.508 e. The lowest BCUT2D eigenvalue weighted by Crippen LogP contribution is -2.61. The van der Waals surface area contributed by atoms with E-state index in [0.29, 0.717) is 53.6 Å². The minimum absolute atomic E-state index is 0.0363. The number of benzene rings is 4. The molecule has 5 amide bonds. The zero-order chi connectivity index (χ0) is 74.0. The number of phenolic OH excluding ortho intramolecular Hbond substituents is 2. The van der Waals surface area contributed by atoms with E-state index < -0.39 is 133 Å². The summed E-state index contributed by atoms with van der Waals surface area (Å²) in [6.45, 7) is 11.1. The molecule has 0 saturated heterocycles. The second kappa shape index (κ2) is 42.6. The van der Waals surface area contributed by atoms with Gasteiger partial charge in [0.25, 0.3) is 11.8 Å². The molecule has 10 unspecified atom stereocenters. The molecule has 10 atom stereocenters. The molecule has 6 rings (SSSR count). The minimum atomic E-state index is -2.33. The summed E-state index contributed by atoms with van der Waals surface area (Å²) < 4.78 is 27.5. The number of aromatic hydroxyl groups is 2. The average Bonchev–Trinajstić information content (AvgIpc) is 0.792. The van der Waals surface area contributed by atoms with E-state index in [0.717, 1.165) is 37.8 Å². The van der Waals surface area contributed by atoms with Crippen molar-refractivity contribution >= 4 is 65.2 Å². The van der Waals surface area contributed by atoms with Crippen LogP contribution in [0.1, 0.15) is 174 Å². The number of aliphatic hydroxyl groups is 6. The number of anilines is 2. The van der Waals surface area contributed by atoms with Crippen LogP contribution in [-0.2, 0) is 43.0 Å². The maximum Gasteiger partial charge on any atom is 0.407 e. The zero-order valence-electron chi connectivity index (χ0n) is 58.7. The second-order valence-corrected chi connectivity index (χ2v) is 26.6. The van der Waals surface area contributed by atoms with E-state index >= 15 is 0 Å². The van der Waals surface area contributed by atoms with Crippen LogP contribution < -0.4 is 41.8 Å². The van der Waals surface area contributed by atoms with Crippen molar-refractivity contribution in [2.45, 2.75) is 229 Å². The van der Waals surface area contributed by atoms with E-state index in [9.17, 15) is 74.4 Å². The summed E-state index contributed by atoms with van der Waals surface area (Å²) in [5.41, 5.74) is 2.45. The fourth-order valence-corrected chi connectivity index (χ4v) is 11.1. The smallest absolute Gasteiger partial charge is 0.407 e. The van der Waals surface area contributed by atoms with Gasteiger partial charge in [0, 0.05) is 55.8 Å². The van der Waals surface area contributed by atoms with Crippen LogP contribution in [0.15, 0.2) is 109 Å². The Kier molecular flexibility index (Phi) is 35.0. The summed E-state index contributed by atoms with van der Waals surface area (Å²) in [5, 5.41) is 97.0. The van der Waals surface area contributed by atoms with Crippen LogP contribution in [-0.4, -0.2) is 174 Å². The molecule has 4 aromatic rings. The lowest BCUT2D eigenvalue weighted by Gasteiger charge is -2.41. The van der Waals surface area contributed by atoms with Gasteiger partial charge in [0.15, 0.2) is 0 Å². The Morgan fingerprint density at radius 3 is 1.28 bits per heavy atom. The number of nitrogens with one attached hydrogen (secondary N) is 5. The Morgan fingerprint density at radius 1 is 0.525 bits per heavy atom. The topological polar surface area (TPSA) is 414 Å². The number of hydrogen-bond acceptors (Lipinski definition) is 21. The van der Waals surface area contributed by atoms with Gasteiger partial charge in [-0.3, -0.25) is 19.2 Å². The van der Waals surface area contributed by atoms with Crippen molar-refractivity contribution < 1.29 is 98.1 Å². The molecular formula is C75H106N6O20. The number of carbonyl (C=O) groups is 7. The lowest BCUT2D eigenvalue weighted by molar-refractivity contribution is -0.187. The molecule has 2 aliphatic rings. The number of phenols is 2. The molecule has 26 nitrogen and oxygen atoms in total. The normalized spacial score (nSPS) is 21.0.